The van der Waals surface area contributed by atoms with Crippen LogP contribution in [0, 0.1) is 5.92 Å². The zero-order chi connectivity index (χ0) is 13.6. The summed E-state index contributed by atoms with van der Waals surface area (Å²) >= 11 is 0. The molecule has 0 saturated heterocycles. The second-order valence-electron chi connectivity index (χ2n) is 3.90. The summed E-state index contributed by atoms with van der Waals surface area (Å²) in [6, 6.07) is 0. The summed E-state index contributed by atoms with van der Waals surface area (Å²) in [7, 11) is 2.06. The molecule has 1 N–H and O–H groups in total. The number of alkyl halides is 3. The van der Waals surface area contributed by atoms with Crippen LogP contribution in [-0.4, -0.2) is 17.1 Å². The number of aromatic nitrogens is 2. The standard InChI is InChI=1S/C8H14N2.C2HF3O2/c1-7(2)6-8-9-4-5-10(8)3;3-2(4,5)1(6)7/h4-5,7H,6H2,1-3H3;(H,6,7). The van der Waals surface area contributed by atoms with E-state index in [0.29, 0.717) is 0 Å². The van der Waals surface area contributed by atoms with Crippen molar-refractivity contribution in [2.45, 2.75) is 26.4 Å². The number of aromatic amines is 1. The zero-order valence-electron chi connectivity index (χ0n) is 9.84. The summed E-state index contributed by atoms with van der Waals surface area (Å²) in [6.07, 6.45) is -0.0566. The number of carboxylic acids is 1. The Morgan fingerprint density at radius 2 is 2.00 bits per heavy atom. The molecule has 0 unspecified atom stereocenters. The highest BCUT2D eigenvalue weighted by molar-refractivity contribution is 5.70. The molecule has 98 valence electrons. The zero-order valence-corrected chi connectivity index (χ0v) is 9.84. The number of imidazole rings is 1. The van der Waals surface area contributed by atoms with Gasteiger partial charge in [-0.05, 0) is 5.92 Å². The summed E-state index contributed by atoms with van der Waals surface area (Å²) in [6.45, 7) is 4.45. The van der Waals surface area contributed by atoms with Gasteiger partial charge in [-0.1, -0.05) is 13.8 Å². The van der Waals surface area contributed by atoms with Gasteiger partial charge in [0.05, 0.1) is 13.5 Å². The van der Waals surface area contributed by atoms with Crippen LogP contribution >= 0.6 is 0 Å². The van der Waals surface area contributed by atoms with E-state index >= 15 is 0 Å². The molecule has 0 aliphatic carbocycles. The fraction of sp³-hybridized carbons (Fsp3) is 0.600. The number of carbonyl (C=O) groups excluding carboxylic acids is 1. The van der Waals surface area contributed by atoms with Gasteiger partial charge in [-0.3, -0.25) is 0 Å². The Balaban J connectivity index is 0.000000325. The fourth-order valence-corrected chi connectivity index (χ4v) is 1.03. The van der Waals surface area contributed by atoms with E-state index in [2.05, 4.69) is 30.4 Å². The van der Waals surface area contributed by atoms with Crippen LogP contribution in [0.3, 0.4) is 0 Å². The maximum atomic E-state index is 10.5. The molecule has 0 aliphatic heterocycles. The van der Waals surface area contributed by atoms with Gasteiger partial charge in [-0.15, -0.1) is 0 Å². The van der Waals surface area contributed by atoms with Crippen LogP contribution in [0.5, 0.6) is 0 Å². The summed E-state index contributed by atoms with van der Waals surface area (Å²) in [5.41, 5.74) is 0. The number of carboxylic acid groups (broad SMARTS) is 1. The average Bonchev–Trinajstić information content (AvgIpc) is 2.50. The number of aliphatic carboxylic acids is 1. The van der Waals surface area contributed by atoms with Crippen molar-refractivity contribution in [3.8, 4) is 0 Å². The van der Waals surface area contributed by atoms with Gasteiger partial charge in [-0.2, -0.15) is 13.2 Å². The molecule has 7 heteroatoms. The van der Waals surface area contributed by atoms with Crippen LogP contribution in [0.25, 0.3) is 0 Å². The number of hydrogen-bond acceptors (Lipinski definition) is 2. The maximum absolute atomic E-state index is 10.5. The SMILES string of the molecule is CC(C)Cc1[nH]cc[n+]1C.O=C([O-])C(F)(F)F. The third-order valence-corrected chi connectivity index (χ3v) is 1.81. The number of H-pyrrole nitrogens is 1. The van der Waals surface area contributed by atoms with Crippen molar-refractivity contribution < 1.29 is 27.6 Å². The third kappa shape index (κ3) is 6.60. The van der Waals surface area contributed by atoms with Crippen molar-refractivity contribution >= 4 is 5.97 Å². The van der Waals surface area contributed by atoms with Gasteiger partial charge in [0.1, 0.15) is 18.4 Å². The molecule has 0 radical (unpaired) electrons. The highest BCUT2D eigenvalue weighted by Gasteiger charge is 2.28. The highest BCUT2D eigenvalue weighted by atomic mass is 19.4. The molecule has 0 fully saturated rings. The van der Waals surface area contributed by atoms with Crippen molar-refractivity contribution in [2.75, 3.05) is 0 Å². The van der Waals surface area contributed by atoms with E-state index in [4.69, 9.17) is 9.90 Å². The summed E-state index contributed by atoms with van der Waals surface area (Å²) in [5, 5.41) is 8.78. The van der Waals surface area contributed by atoms with Crippen LogP contribution in [0.4, 0.5) is 13.2 Å². The van der Waals surface area contributed by atoms with Crippen molar-refractivity contribution in [3.63, 3.8) is 0 Å². The van der Waals surface area contributed by atoms with Gasteiger partial charge in [-0.25, -0.2) is 9.55 Å². The first kappa shape index (κ1) is 15.5. The van der Waals surface area contributed by atoms with Gasteiger partial charge in [0, 0.05) is 0 Å². The molecule has 0 amide bonds. The average molecular weight is 252 g/mol. The van der Waals surface area contributed by atoms with Crippen LogP contribution in [-0.2, 0) is 18.3 Å². The van der Waals surface area contributed by atoms with E-state index < -0.39 is 12.1 Å². The molecule has 0 saturated carbocycles. The van der Waals surface area contributed by atoms with E-state index in [1.807, 2.05) is 12.4 Å². The number of nitrogens with one attached hydrogen (secondary N) is 1. The molecule has 1 aromatic heterocycles. The van der Waals surface area contributed by atoms with Crippen molar-refractivity contribution in [1.82, 2.24) is 4.98 Å². The minimum atomic E-state index is -5.19. The monoisotopic (exact) mass is 252 g/mol. The Labute approximate surface area is 97.1 Å². The third-order valence-electron chi connectivity index (χ3n) is 1.81. The van der Waals surface area contributed by atoms with Crippen molar-refractivity contribution in [2.24, 2.45) is 13.0 Å². The smallest absolute Gasteiger partial charge is 0.430 e. The van der Waals surface area contributed by atoms with E-state index in [1.54, 1.807) is 0 Å². The molecule has 0 spiro atoms. The first-order valence-electron chi connectivity index (χ1n) is 4.94. The predicted molar refractivity (Wildman–Crippen MR) is 51.6 cm³/mol. The minimum Gasteiger partial charge on any atom is -0.542 e. The summed E-state index contributed by atoms with van der Waals surface area (Å²) in [4.78, 5) is 12.0. The quantitative estimate of drug-likeness (QED) is 0.771. The largest absolute Gasteiger partial charge is 0.542 e. The Bertz CT molecular complexity index is 359. The molecule has 1 heterocycles. The lowest BCUT2D eigenvalue weighted by atomic mass is 10.1. The van der Waals surface area contributed by atoms with Gasteiger partial charge in [0.15, 0.2) is 0 Å². The van der Waals surface area contributed by atoms with Crippen LogP contribution in [0.1, 0.15) is 19.7 Å². The second kappa shape index (κ2) is 6.27. The number of hydrogen-bond donors (Lipinski definition) is 1. The van der Waals surface area contributed by atoms with Crippen molar-refractivity contribution in [3.05, 3.63) is 18.2 Å². The molecule has 17 heavy (non-hydrogen) atoms. The lowest BCUT2D eigenvalue weighted by Gasteiger charge is -2.03. The summed E-state index contributed by atoms with van der Waals surface area (Å²) in [5.74, 6) is -0.979. The van der Waals surface area contributed by atoms with Gasteiger partial charge in [0.25, 0.3) is 5.82 Å². The molecule has 0 aromatic carbocycles. The molecule has 0 atom stereocenters. The molecule has 0 aliphatic rings. The van der Waals surface area contributed by atoms with E-state index in [1.165, 1.54) is 5.82 Å². The Morgan fingerprint density at radius 3 is 2.24 bits per heavy atom. The molecule has 1 aromatic rings. The number of halogens is 3. The van der Waals surface area contributed by atoms with Crippen LogP contribution < -0.4 is 9.67 Å². The van der Waals surface area contributed by atoms with E-state index in [-0.39, 0.29) is 0 Å². The lowest BCUT2D eigenvalue weighted by molar-refractivity contribution is -0.678. The molecular weight excluding hydrogens is 237 g/mol. The van der Waals surface area contributed by atoms with Crippen LogP contribution in [0.2, 0.25) is 0 Å². The first-order valence-corrected chi connectivity index (χ1v) is 4.94. The maximum Gasteiger partial charge on any atom is 0.430 e. The fourth-order valence-electron chi connectivity index (χ4n) is 1.03. The van der Waals surface area contributed by atoms with Gasteiger partial charge >= 0.3 is 6.18 Å². The highest BCUT2D eigenvalue weighted by Crippen LogP contribution is 2.11. The molecule has 0 bridgehead atoms. The Hall–Kier alpha value is -1.53. The minimum absolute atomic E-state index is 0.727. The molecule has 1 rings (SSSR count). The predicted octanol–water partition coefficient (Wildman–Crippen LogP) is 0.336. The number of rotatable bonds is 2. The van der Waals surface area contributed by atoms with Gasteiger partial charge < -0.3 is 9.90 Å². The number of aryl methyl sites for hydroxylation is 1. The molecular formula is C10H15F3N2O2. The van der Waals surface area contributed by atoms with E-state index in [0.717, 1.165) is 12.3 Å². The number of nitrogens with zero attached hydrogens (tertiary/aromatic N) is 1. The second-order valence-corrected chi connectivity index (χ2v) is 3.90. The number of carbonyl (C=O) groups is 1. The first-order chi connectivity index (χ1) is 7.64. The van der Waals surface area contributed by atoms with Crippen molar-refractivity contribution in [1.29, 1.82) is 0 Å². The molecule has 4 nitrogen and oxygen atoms in total. The van der Waals surface area contributed by atoms with Gasteiger partial charge in [0.2, 0.25) is 0 Å². The van der Waals surface area contributed by atoms with E-state index in [9.17, 15) is 13.2 Å². The topological polar surface area (TPSA) is 59.8 Å². The Kier molecular flexibility index (Phi) is 5.70. The lowest BCUT2D eigenvalue weighted by Crippen LogP contribution is -2.37. The normalized spacial score (nSPS) is 11.0. The van der Waals surface area contributed by atoms with Crippen LogP contribution in [0.15, 0.2) is 12.4 Å². The Morgan fingerprint density at radius 1 is 1.53 bits per heavy atom. The summed E-state index contributed by atoms with van der Waals surface area (Å²) < 4.78 is 33.7.